The minimum Gasteiger partial charge on any atom is -0.444 e. The maximum Gasteiger partial charge on any atom is 0.411 e. The molecule has 0 aliphatic carbocycles. The Bertz CT molecular complexity index is 660. The van der Waals surface area contributed by atoms with Crippen molar-refractivity contribution in [2.75, 3.05) is 0 Å². The summed E-state index contributed by atoms with van der Waals surface area (Å²) in [5.74, 6) is 0. The van der Waals surface area contributed by atoms with Gasteiger partial charge in [-0.2, -0.15) is 0 Å². The molecule has 1 amide bonds. The Morgan fingerprint density at radius 2 is 1.86 bits per heavy atom. The minimum absolute atomic E-state index is 0.0406. The van der Waals surface area contributed by atoms with Crippen molar-refractivity contribution in [3.05, 3.63) is 51.6 Å². The zero-order valence-electron chi connectivity index (χ0n) is 12.1. The average Bonchev–Trinajstić information content (AvgIpc) is 2.92. The van der Waals surface area contributed by atoms with Gasteiger partial charge in [-0.05, 0) is 38.0 Å². The van der Waals surface area contributed by atoms with Crippen LogP contribution < -0.4 is 0 Å². The lowest BCUT2D eigenvalue weighted by Crippen LogP contribution is -2.35. The predicted molar refractivity (Wildman–Crippen MR) is 75.8 cm³/mol. The van der Waals surface area contributed by atoms with Crippen LogP contribution in [-0.4, -0.2) is 21.5 Å². The molecule has 21 heavy (non-hydrogen) atoms. The molecule has 2 aliphatic heterocycles. The summed E-state index contributed by atoms with van der Waals surface area (Å²) < 4.78 is 5.42. The molecule has 2 unspecified atom stereocenters. The predicted octanol–water partition coefficient (Wildman–Crippen LogP) is 3.50. The highest BCUT2D eigenvalue weighted by atomic mass is 16.6. The highest BCUT2D eigenvalue weighted by molar-refractivity contribution is 5.74. The van der Waals surface area contributed by atoms with Crippen molar-refractivity contribution in [3.8, 4) is 0 Å². The van der Waals surface area contributed by atoms with E-state index < -0.39 is 16.6 Å². The Morgan fingerprint density at radius 3 is 2.43 bits per heavy atom. The molecule has 2 bridgehead atoms. The van der Waals surface area contributed by atoms with Gasteiger partial charge >= 0.3 is 6.09 Å². The van der Waals surface area contributed by atoms with Crippen molar-refractivity contribution in [2.24, 2.45) is 0 Å². The fraction of sp³-hybridized carbons (Fsp3) is 0.400. The molecule has 1 aromatic carbocycles. The van der Waals surface area contributed by atoms with E-state index in [0.717, 1.165) is 11.1 Å². The van der Waals surface area contributed by atoms with E-state index in [-0.39, 0.29) is 17.8 Å². The molecule has 6 nitrogen and oxygen atoms in total. The SMILES string of the molecule is CC(C)(C)OC(=O)N1C2C=CC1c1cc([N+](=O)[O-])ccc12. The van der Waals surface area contributed by atoms with Crippen LogP contribution in [0.15, 0.2) is 30.4 Å². The van der Waals surface area contributed by atoms with Gasteiger partial charge in [0.15, 0.2) is 0 Å². The normalized spacial score (nSPS) is 22.3. The highest BCUT2D eigenvalue weighted by Gasteiger charge is 2.45. The molecule has 0 fully saturated rings. The van der Waals surface area contributed by atoms with Crippen molar-refractivity contribution in [1.29, 1.82) is 0 Å². The van der Waals surface area contributed by atoms with E-state index in [1.807, 2.05) is 32.9 Å². The first-order valence-electron chi connectivity index (χ1n) is 6.76. The third-order valence-electron chi connectivity index (χ3n) is 3.60. The molecule has 6 heteroatoms. The van der Waals surface area contributed by atoms with E-state index >= 15 is 0 Å². The molecule has 0 saturated carbocycles. The zero-order valence-corrected chi connectivity index (χ0v) is 12.1. The van der Waals surface area contributed by atoms with Gasteiger partial charge in [0.2, 0.25) is 0 Å². The number of amides is 1. The van der Waals surface area contributed by atoms with Crippen molar-refractivity contribution < 1.29 is 14.5 Å². The molecule has 110 valence electrons. The molecule has 3 rings (SSSR count). The molecule has 0 aromatic heterocycles. The van der Waals surface area contributed by atoms with Crippen LogP contribution >= 0.6 is 0 Å². The number of nitrogens with zero attached hydrogens (tertiary/aromatic N) is 2. The van der Waals surface area contributed by atoms with Gasteiger partial charge in [-0.15, -0.1) is 0 Å². The van der Waals surface area contributed by atoms with Crippen LogP contribution in [0.2, 0.25) is 0 Å². The second-order valence-corrected chi connectivity index (χ2v) is 6.23. The number of carbonyl (C=O) groups is 1. The number of ether oxygens (including phenoxy) is 1. The number of hydrogen-bond donors (Lipinski definition) is 0. The lowest BCUT2D eigenvalue weighted by Gasteiger charge is -2.27. The van der Waals surface area contributed by atoms with E-state index in [9.17, 15) is 14.9 Å². The molecule has 2 aliphatic rings. The fourth-order valence-electron chi connectivity index (χ4n) is 2.82. The number of nitro benzene ring substituents is 1. The van der Waals surface area contributed by atoms with Gasteiger partial charge in [0, 0.05) is 12.1 Å². The Kier molecular flexibility index (Phi) is 2.79. The van der Waals surface area contributed by atoms with Crippen molar-refractivity contribution in [1.82, 2.24) is 4.90 Å². The van der Waals surface area contributed by atoms with Gasteiger partial charge < -0.3 is 4.74 Å². The van der Waals surface area contributed by atoms with Crippen LogP contribution in [-0.2, 0) is 4.74 Å². The number of non-ortho nitro benzene ring substituents is 1. The minimum atomic E-state index is -0.572. The molecule has 0 spiro atoms. The largest absolute Gasteiger partial charge is 0.444 e. The van der Waals surface area contributed by atoms with Gasteiger partial charge in [0.25, 0.3) is 5.69 Å². The lowest BCUT2D eigenvalue weighted by atomic mass is 9.96. The van der Waals surface area contributed by atoms with Crippen molar-refractivity contribution >= 4 is 11.8 Å². The maximum atomic E-state index is 12.3. The molecule has 0 radical (unpaired) electrons. The van der Waals surface area contributed by atoms with Gasteiger partial charge in [0.1, 0.15) is 5.60 Å². The van der Waals surface area contributed by atoms with E-state index in [2.05, 4.69) is 0 Å². The Labute approximate surface area is 122 Å². The summed E-state index contributed by atoms with van der Waals surface area (Å²) in [5, 5.41) is 10.9. The summed E-state index contributed by atoms with van der Waals surface area (Å²) in [4.78, 5) is 24.4. The molecule has 2 atom stereocenters. The van der Waals surface area contributed by atoms with Crippen LogP contribution in [0.1, 0.15) is 44.0 Å². The third-order valence-corrected chi connectivity index (χ3v) is 3.60. The van der Waals surface area contributed by atoms with Crippen molar-refractivity contribution in [3.63, 3.8) is 0 Å². The summed E-state index contributed by atoms with van der Waals surface area (Å²) in [7, 11) is 0. The first-order valence-corrected chi connectivity index (χ1v) is 6.76. The number of rotatable bonds is 1. The molecular weight excluding hydrogens is 272 g/mol. The summed E-state index contributed by atoms with van der Waals surface area (Å²) >= 11 is 0. The molecule has 1 aromatic rings. The molecule has 0 N–H and O–H groups in total. The molecular formula is C15H16N2O4. The first-order chi connectivity index (χ1) is 9.78. The standard InChI is InChI=1S/C15H16N2O4/c1-15(2,3)21-14(18)16-12-6-7-13(16)11-8-9(17(19)20)4-5-10(11)12/h4-8,12-13H,1-3H3. The second-order valence-electron chi connectivity index (χ2n) is 6.23. The van der Waals surface area contributed by atoms with E-state index in [0.29, 0.717) is 0 Å². The monoisotopic (exact) mass is 288 g/mol. The number of fused-ring (bicyclic) bond motifs is 5. The van der Waals surface area contributed by atoms with Crippen LogP contribution in [0.25, 0.3) is 0 Å². The summed E-state index contributed by atoms with van der Waals surface area (Å²) in [6.07, 6.45) is 3.42. The van der Waals surface area contributed by atoms with Gasteiger partial charge in [-0.1, -0.05) is 12.2 Å². The van der Waals surface area contributed by atoms with Crippen LogP contribution in [0.4, 0.5) is 10.5 Å². The van der Waals surface area contributed by atoms with Gasteiger partial charge in [-0.25, -0.2) is 4.79 Å². The van der Waals surface area contributed by atoms with Crippen LogP contribution in [0.3, 0.4) is 0 Å². The third kappa shape index (κ3) is 2.16. The number of carbonyl (C=O) groups excluding carboxylic acids is 1. The Hall–Kier alpha value is -2.37. The quantitative estimate of drug-likeness (QED) is 0.450. The Morgan fingerprint density at radius 1 is 1.24 bits per heavy atom. The van der Waals surface area contributed by atoms with E-state index in [4.69, 9.17) is 4.74 Å². The van der Waals surface area contributed by atoms with Crippen molar-refractivity contribution in [2.45, 2.75) is 38.5 Å². The summed E-state index contributed by atoms with van der Waals surface area (Å²) in [6, 6.07) is 4.26. The van der Waals surface area contributed by atoms with E-state index in [1.54, 1.807) is 17.0 Å². The van der Waals surface area contributed by atoms with E-state index in [1.165, 1.54) is 6.07 Å². The number of nitro groups is 1. The second kappa shape index (κ2) is 4.31. The van der Waals surface area contributed by atoms with Crippen LogP contribution in [0.5, 0.6) is 0 Å². The zero-order chi connectivity index (χ0) is 15.4. The smallest absolute Gasteiger partial charge is 0.411 e. The number of hydrogen-bond acceptors (Lipinski definition) is 4. The van der Waals surface area contributed by atoms with Gasteiger partial charge in [-0.3, -0.25) is 15.0 Å². The Balaban J connectivity index is 1.93. The van der Waals surface area contributed by atoms with Gasteiger partial charge in [0.05, 0.1) is 17.0 Å². The molecule has 2 heterocycles. The lowest BCUT2D eigenvalue weighted by molar-refractivity contribution is -0.384. The maximum absolute atomic E-state index is 12.3. The topological polar surface area (TPSA) is 72.7 Å². The fourth-order valence-corrected chi connectivity index (χ4v) is 2.82. The first kappa shape index (κ1) is 13.6. The number of benzene rings is 1. The highest BCUT2D eigenvalue weighted by Crippen LogP contribution is 2.49. The summed E-state index contributed by atoms with van der Waals surface area (Å²) in [5.41, 5.74) is 1.21. The molecule has 0 saturated heterocycles. The summed E-state index contributed by atoms with van der Waals surface area (Å²) in [6.45, 7) is 5.44. The average molecular weight is 288 g/mol. The van der Waals surface area contributed by atoms with Crippen LogP contribution in [0, 0.1) is 10.1 Å².